The Labute approximate surface area is 187 Å². The van der Waals surface area contributed by atoms with Gasteiger partial charge >= 0.3 is 12.3 Å². The largest absolute Gasteiger partial charge is 0.511 e. The molecule has 0 amide bonds. The summed E-state index contributed by atoms with van der Waals surface area (Å²) in [5, 5.41) is 9.14. The first-order valence-electron chi connectivity index (χ1n) is 11.5. The maximum Gasteiger partial charge on any atom is 0.511 e. The molecule has 1 N–H and O–H groups in total. The summed E-state index contributed by atoms with van der Waals surface area (Å²) in [6.07, 6.45) is 8.05. The topological polar surface area (TPSA) is 49.8 Å². The Balaban J connectivity index is 1.62. The van der Waals surface area contributed by atoms with Gasteiger partial charge in [0.15, 0.2) is 5.76 Å². The molecule has 1 heterocycles. The number of nitrogens with zero attached hydrogens (tertiary/aromatic N) is 1. The number of carbonyl (C=O) groups is 1. The van der Waals surface area contributed by atoms with Gasteiger partial charge in [0.2, 0.25) is 0 Å². The van der Waals surface area contributed by atoms with Crippen LogP contribution in [-0.4, -0.2) is 29.3 Å². The molecule has 1 aromatic rings. The number of alkyl halides is 3. The van der Waals surface area contributed by atoms with Crippen molar-refractivity contribution in [3.63, 3.8) is 0 Å². The monoisotopic (exact) mass is 451 g/mol. The summed E-state index contributed by atoms with van der Waals surface area (Å²) in [4.78, 5) is 13.4. The van der Waals surface area contributed by atoms with Gasteiger partial charge in [0.05, 0.1) is 11.3 Å². The molecule has 0 unspecified atom stereocenters. The standard InChI is InChI=1S/C25H32F3NO3/c26-25(27,28)21-13-7-12-19(17-21)9-5-6-14-22-23(32-24(30)31)15-8-16-29(22)18-20-10-3-1-2-4-11-20/h7-8,12-13,15,17,20H,1-6,9-11,14,16,18H2,(H,30,31). The predicted molar refractivity (Wildman–Crippen MR) is 117 cm³/mol. The zero-order valence-corrected chi connectivity index (χ0v) is 18.4. The number of benzene rings is 1. The molecule has 176 valence electrons. The van der Waals surface area contributed by atoms with Crippen molar-refractivity contribution in [3.05, 3.63) is 59.0 Å². The van der Waals surface area contributed by atoms with E-state index in [2.05, 4.69) is 4.90 Å². The van der Waals surface area contributed by atoms with Gasteiger partial charge in [-0.05, 0) is 62.1 Å². The molecule has 32 heavy (non-hydrogen) atoms. The Morgan fingerprint density at radius 3 is 2.50 bits per heavy atom. The Bertz CT molecular complexity index is 824. The predicted octanol–water partition coefficient (Wildman–Crippen LogP) is 7.17. The Hall–Kier alpha value is -2.44. The fraction of sp³-hybridized carbons (Fsp3) is 0.560. The molecular formula is C25H32F3NO3. The van der Waals surface area contributed by atoms with Crippen molar-refractivity contribution in [2.24, 2.45) is 5.92 Å². The molecule has 1 fully saturated rings. The summed E-state index contributed by atoms with van der Waals surface area (Å²) in [5.74, 6) is 0.964. The summed E-state index contributed by atoms with van der Waals surface area (Å²) in [5.41, 5.74) is 0.930. The van der Waals surface area contributed by atoms with E-state index in [0.29, 0.717) is 36.5 Å². The Morgan fingerprint density at radius 2 is 1.81 bits per heavy atom. The lowest BCUT2D eigenvalue weighted by atomic mass is 9.97. The average molecular weight is 452 g/mol. The van der Waals surface area contributed by atoms with Gasteiger partial charge in [-0.15, -0.1) is 0 Å². The van der Waals surface area contributed by atoms with Gasteiger partial charge in [-0.2, -0.15) is 13.2 Å². The second-order valence-electron chi connectivity index (χ2n) is 8.75. The summed E-state index contributed by atoms with van der Waals surface area (Å²) in [6.45, 7) is 1.62. The maximum absolute atomic E-state index is 12.9. The van der Waals surface area contributed by atoms with Gasteiger partial charge in [0.25, 0.3) is 0 Å². The lowest BCUT2D eigenvalue weighted by Gasteiger charge is -2.33. The van der Waals surface area contributed by atoms with Crippen LogP contribution in [-0.2, 0) is 17.3 Å². The van der Waals surface area contributed by atoms with Gasteiger partial charge < -0.3 is 14.7 Å². The number of allylic oxidation sites excluding steroid dienone is 2. The highest BCUT2D eigenvalue weighted by atomic mass is 19.4. The molecule has 0 radical (unpaired) electrons. The van der Waals surface area contributed by atoms with Crippen molar-refractivity contribution < 1.29 is 27.8 Å². The van der Waals surface area contributed by atoms with E-state index in [-0.39, 0.29) is 0 Å². The molecule has 3 rings (SSSR count). The molecule has 0 spiro atoms. The minimum absolute atomic E-state index is 0.372. The average Bonchev–Trinajstić information content (AvgIpc) is 3.00. The molecule has 7 heteroatoms. The van der Waals surface area contributed by atoms with Crippen molar-refractivity contribution in [1.29, 1.82) is 0 Å². The third kappa shape index (κ3) is 7.31. The number of hydrogen-bond acceptors (Lipinski definition) is 3. The fourth-order valence-corrected chi connectivity index (χ4v) is 4.69. The quantitative estimate of drug-likeness (QED) is 0.259. The van der Waals surface area contributed by atoms with Crippen LogP contribution < -0.4 is 0 Å². The van der Waals surface area contributed by atoms with Gasteiger partial charge in [0.1, 0.15) is 0 Å². The van der Waals surface area contributed by atoms with Crippen LogP contribution >= 0.6 is 0 Å². The molecule has 4 nitrogen and oxygen atoms in total. The third-order valence-electron chi connectivity index (χ3n) is 6.30. The van der Waals surface area contributed by atoms with E-state index >= 15 is 0 Å². The number of ether oxygens (including phenoxy) is 1. The first-order chi connectivity index (χ1) is 15.3. The molecule has 1 aromatic carbocycles. The molecule has 1 saturated carbocycles. The highest BCUT2D eigenvalue weighted by Gasteiger charge is 2.30. The van der Waals surface area contributed by atoms with E-state index in [1.165, 1.54) is 50.7 Å². The number of rotatable bonds is 8. The first kappa shape index (κ1) is 24.2. The minimum atomic E-state index is -4.34. The molecule has 1 aliphatic carbocycles. The van der Waals surface area contributed by atoms with Crippen LogP contribution in [0.15, 0.2) is 47.9 Å². The van der Waals surface area contributed by atoms with E-state index in [1.807, 2.05) is 6.08 Å². The van der Waals surface area contributed by atoms with Gasteiger partial charge in [-0.25, -0.2) is 4.79 Å². The van der Waals surface area contributed by atoms with Crippen LogP contribution in [0, 0.1) is 5.92 Å². The van der Waals surface area contributed by atoms with Crippen LogP contribution in [0.4, 0.5) is 18.0 Å². The molecule has 0 bridgehead atoms. The molecule has 0 atom stereocenters. The zero-order valence-electron chi connectivity index (χ0n) is 18.4. The van der Waals surface area contributed by atoms with E-state index < -0.39 is 17.9 Å². The van der Waals surface area contributed by atoms with E-state index in [9.17, 15) is 18.0 Å². The van der Waals surface area contributed by atoms with Crippen molar-refractivity contribution >= 4 is 6.16 Å². The van der Waals surface area contributed by atoms with Crippen molar-refractivity contribution in [3.8, 4) is 0 Å². The van der Waals surface area contributed by atoms with Crippen LogP contribution in [0.25, 0.3) is 0 Å². The number of halogens is 3. The highest BCUT2D eigenvalue weighted by molar-refractivity contribution is 5.59. The second-order valence-corrected chi connectivity index (χ2v) is 8.75. The van der Waals surface area contributed by atoms with Crippen LogP contribution in [0.1, 0.15) is 68.9 Å². The van der Waals surface area contributed by atoms with Crippen molar-refractivity contribution in [1.82, 2.24) is 4.90 Å². The summed E-state index contributed by atoms with van der Waals surface area (Å²) in [7, 11) is 0. The van der Waals surface area contributed by atoms with Crippen LogP contribution in [0.3, 0.4) is 0 Å². The molecule has 0 aromatic heterocycles. The lowest BCUT2D eigenvalue weighted by molar-refractivity contribution is -0.137. The molecule has 2 aliphatic rings. The van der Waals surface area contributed by atoms with Crippen LogP contribution in [0.5, 0.6) is 0 Å². The second kappa shape index (κ2) is 11.4. The molecular weight excluding hydrogens is 419 g/mol. The highest BCUT2D eigenvalue weighted by Crippen LogP contribution is 2.31. The Morgan fingerprint density at radius 1 is 1.09 bits per heavy atom. The molecule has 1 aliphatic heterocycles. The SMILES string of the molecule is O=C(O)OC1=C(CCCCc2cccc(C(F)(F)F)c2)N(CC2CCCCCC2)CC=C1. The number of aryl methyl sites for hydroxylation is 1. The fourth-order valence-electron chi connectivity index (χ4n) is 4.69. The number of hydrogen-bond donors (Lipinski definition) is 1. The minimum Gasteiger partial charge on any atom is -0.449 e. The van der Waals surface area contributed by atoms with E-state index in [0.717, 1.165) is 31.3 Å². The number of carboxylic acid groups (broad SMARTS) is 1. The lowest BCUT2D eigenvalue weighted by Crippen LogP contribution is -2.32. The van der Waals surface area contributed by atoms with Crippen LogP contribution in [0.2, 0.25) is 0 Å². The van der Waals surface area contributed by atoms with Gasteiger partial charge in [-0.3, -0.25) is 0 Å². The van der Waals surface area contributed by atoms with Gasteiger partial charge in [-0.1, -0.05) is 50.0 Å². The van der Waals surface area contributed by atoms with Gasteiger partial charge in [0, 0.05) is 13.1 Å². The first-order valence-corrected chi connectivity index (χ1v) is 11.5. The van der Waals surface area contributed by atoms with Crippen molar-refractivity contribution in [2.75, 3.05) is 13.1 Å². The molecule has 0 saturated heterocycles. The number of unbranched alkanes of at least 4 members (excludes halogenated alkanes) is 1. The van der Waals surface area contributed by atoms with Crippen molar-refractivity contribution in [2.45, 2.75) is 70.4 Å². The van der Waals surface area contributed by atoms with E-state index in [1.54, 1.807) is 12.1 Å². The smallest absolute Gasteiger partial charge is 0.449 e. The Kier molecular flexibility index (Phi) is 8.65. The summed E-state index contributed by atoms with van der Waals surface area (Å²) < 4.78 is 43.8. The summed E-state index contributed by atoms with van der Waals surface area (Å²) in [6, 6.07) is 5.46. The van der Waals surface area contributed by atoms with E-state index in [4.69, 9.17) is 9.84 Å². The normalized spacial score (nSPS) is 18.0. The third-order valence-corrected chi connectivity index (χ3v) is 6.30. The summed E-state index contributed by atoms with van der Waals surface area (Å²) >= 11 is 0. The maximum atomic E-state index is 12.9. The zero-order chi connectivity index (χ0) is 23.0.